The molecule has 0 aliphatic carbocycles. The van der Waals surface area contributed by atoms with Crippen LogP contribution in [0.3, 0.4) is 0 Å². The molecule has 0 spiro atoms. The number of guanidine groups is 1. The van der Waals surface area contributed by atoms with Crippen LogP contribution in [-0.4, -0.2) is 31.1 Å². The Kier molecular flexibility index (Phi) is 9.70. The third-order valence-electron chi connectivity index (χ3n) is 3.28. The van der Waals surface area contributed by atoms with Crippen LogP contribution in [0.25, 0.3) is 0 Å². The number of hydrogen-bond acceptors (Lipinski definition) is 4. The Balaban J connectivity index is 0.00000288. The van der Waals surface area contributed by atoms with Crippen LogP contribution in [0, 0.1) is 6.92 Å². The van der Waals surface area contributed by atoms with Gasteiger partial charge in [-0.1, -0.05) is 18.2 Å². The minimum Gasteiger partial charge on any atom is -0.496 e. The van der Waals surface area contributed by atoms with Crippen LogP contribution in [0.15, 0.2) is 34.6 Å². The molecule has 1 aromatic carbocycles. The van der Waals surface area contributed by atoms with Crippen molar-refractivity contribution in [2.45, 2.75) is 26.8 Å². The SMILES string of the molecule is CCNC(=NCc1ccccc1OC)NCCc1csc(C)n1.I. The number of ether oxygens (including phenoxy) is 1. The summed E-state index contributed by atoms with van der Waals surface area (Å²) < 4.78 is 5.36. The molecular weight excluding hydrogens is 435 g/mol. The van der Waals surface area contributed by atoms with E-state index in [1.165, 1.54) is 0 Å². The minimum absolute atomic E-state index is 0. The van der Waals surface area contributed by atoms with Gasteiger partial charge in [-0.25, -0.2) is 9.98 Å². The van der Waals surface area contributed by atoms with Gasteiger partial charge in [-0.2, -0.15) is 0 Å². The smallest absolute Gasteiger partial charge is 0.191 e. The third kappa shape index (κ3) is 6.64. The number of halogens is 1. The number of para-hydroxylation sites is 1. The second kappa shape index (κ2) is 11.2. The Bertz CT molecular complexity index is 645. The quantitative estimate of drug-likeness (QED) is 0.378. The van der Waals surface area contributed by atoms with Crippen LogP contribution in [0.1, 0.15) is 23.2 Å². The highest BCUT2D eigenvalue weighted by Gasteiger charge is 2.03. The predicted octanol–water partition coefficient (Wildman–Crippen LogP) is 3.38. The zero-order valence-electron chi connectivity index (χ0n) is 14.3. The second-order valence-corrected chi connectivity index (χ2v) is 6.10. The van der Waals surface area contributed by atoms with E-state index in [4.69, 9.17) is 4.74 Å². The molecule has 0 saturated heterocycles. The van der Waals surface area contributed by atoms with Crippen molar-refractivity contribution in [2.24, 2.45) is 4.99 Å². The number of hydrogen-bond donors (Lipinski definition) is 2. The molecule has 2 N–H and O–H groups in total. The van der Waals surface area contributed by atoms with Gasteiger partial charge in [0.25, 0.3) is 0 Å². The van der Waals surface area contributed by atoms with E-state index in [9.17, 15) is 0 Å². The summed E-state index contributed by atoms with van der Waals surface area (Å²) in [7, 11) is 1.68. The summed E-state index contributed by atoms with van der Waals surface area (Å²) in [5.41, 5.74) is 2.20. The van der Waals surface area contributed by atoms with Crippen LogP contribution >= 0.6 is 35.3 Å². The van der Waals surface area contributed by atoms with Crippen LogP contribution < -0.4 is 15.4 Å². The summed E-state index contributed by atoms with van der Waals surface area (Å²) in [4.78, 5) is 9.10. The van der Waals surface area contributed by atoms with Crippen LogP contribution in [0.5, 0.6) is 5.75 Å². The number of rotatable bonds is 7. The number of methoxy groups -OCH3 is 1. The van der Waals surface area contributed by atoms with Crippen molar-refractivity contribution in [1.82, 2.24) is 15.6 Å². The van der Waals surface area contributed by atoms with Gasteiger partial charge in [-0.05, 0) is 19.9 Å². The summed E-state index contributed by atoms with van der Waals surface area (Å²) >= 11 is 1.69. The Morgan fingerprint density at radius 1 is 1.29 bits per heavy atom. The monoisotopic (exact) mass is 460 g/mol. The first kappa shape index (κ1) is 20.7. The van der Waals surface area contributed by atoms with Gasteiger partial charge in [0.15, 0.2) is 5.96 Å². The first-order valence-electron chi connectivity index (χ1n) is 7.78. The molecule has 0 unspecified atom stereocenters. The highest BCUT2D eigenvalue weighted by molar-refractivity contribution is 14.0. The molecule has 24 heavy (non-hydrogen) atoms. The molecule has 2 aromatic rings. The molecule has 132 valence electrons. The fourth-order valence-corrected chi connectivity index (χ4v) is 2.82. The molecule has 7 heteroatoms. The minimum atomic E-state index is 0. The van der Waals surface area contributed by atoms with Gasteiger partial charge < -0.3 is 15.4 Å². The normalized spacial score (nSPS) is 10.9. The zero-order chi connectivity index (χ0) is 16.5. The first-order valence-corrected chi connectivity index (χ1v) is 8.66. The largest absolute Gasteiger partial charge is 0.496 e. The number of aryl methyl sites for hydroxylation is 1. The molecule has 5 nitrogen and oxygen atoms in total. The van der Waals surface area contributed by atoms with Crippen molar-refractivity contribution in [1.29, 1.82) is 0 Å². The number of nitrogens with one attached hydrogen (secondary N) is 2. The van der Waals surface area contributed by atoms with E-state index >= 15 is 0 Å². The molecule has 0 amide bonds. The number of aliphatic imine (C=N–C) groups is 1. The lowest BCUT2D eigenvalue weighted by Gasteiger charge is -2.11. The summed E-state index contributed by atoms with van der Waals surface area (Å²) in [5.74, 6) is 1.68. The number of benzene rings is 1. The molecule has 0 radical (unpaired) electrons. The van der Waals surface area contributed by atoms with E-state index in [2.05, 4.69) is 32.9 Å². The summed E-state index contributed by atoms with van der Waals surface area (Å²) in [5, 5.41) is 9.83. The van der Waals surface area contributed by atoms with Gasteiger partial charge in [0, 0.05) is 30.5 Å². The van der Waals surface area contributed by atoms with Crippen molar-refractivity contribution in [2.75, 3.05) is 20.2 Å². The maximum absolute atomic E-state index is 5.36. The maximum atomic E-state index is 5.36. The van der Waals surface area contributed by atoms with Gasteiger partial charge in [0.05, 0.1) is 24.4 Å². The molecule has 0 aliphatic rings. The van der Waals surface area contributed by atoms with E-state index in [1.54, 1.807) is 18.4 Å². The number of aromatic nitrogens is 1. The summed E-state index contributed by atoms with van der Waals surface area (Å²) in [6.45, 7) is 6.30. The molecule has 0 fully saturated rings. The van der Waals surface area contributed by atoms with E-state index in [0.29, 0.717) is 6.54 Å². The van der Waals surface area contributed by atoms with E-state index in [1.807, 2.05) is 31.2 Å². The number of thiazole rings is 1. The molecular formula is C17H25IN4OS. The molecule has 1 aromatic heterocycles. The lowest BCUT2D eigenvalue weighted by molar-refractivity contribution is 0.410. The van der Waals surface area contributed by atoms with Gasteiger partial charge in [-0.3, -0.25) is 0 Å². The second-order valence-electron chi connectivity index (χ2n) is 5.04. The van der Waals surface area contributed by atoms with E-state index < -0.39 is 0 Å². The van der Waals surface area contributed by atoms with E-state index in [0.717, 1.165) is 47.5 Å². The van der Waals surface area contributed by atoms with Crippen molar-refractivity contribution < 1.29 is 4.74 Å². The van der Waals surface area contributed by atoms with Crippen molar-refractivity contribution >= 4 is 41.3 Å². The van der Waals surface area contributed by atoms with Crippen molar-refractivity contribution in [3.05, 3.63) is 45.9 Å². The molecule has 2 rings (SSSR count). The average molecular weight is 460 g/mol. The molecule has 0 atom stereocenters. The third-order valence-corrected chi connectivity index (χ3v) is 4.11. The molecule has 0 saturated carbocycles. The lowest BCUT2D eigenvalue weighted by Crippen LogP contribution is -2.38. The zero-order valence-corrected chi connectivity index (χ0v) is 17.5. The van der Waals surface area contributed by atoms with Crippen LogP contribution in [0.2, 0.25) is 0 Å². The fraction of sp³-hybridized carbons (Fsp3) is 0.412. The Morgan fingerprint density at radius 2 is 2.08 bits per heavy atom. The van der Waals surface area contributed by atoms with Gasteiger partial charge >= 0.3 is 0 Å². The lowest BCUT2D eigenvalue weighted by atomic mass is 10.2. The summed E-state index contributed by atoms with van der Waals surface area (Å²) in [6, 6.07) is 7.95. The highest BCUT2D eigenvalue weighted by atomic mass is 127. The topological polar surface area (TPSA) is 58.5 Å². The Hall–Kier alpha value is -1.35. The Labute approximate surface area is 165 Å². The molecule has 0 aliphatic heterocycles. The average Bonchev–Trinajstić information content (AvgIpc) is 2.98. The van der Waals surface area contributed by atoms with Crippen molar-refractivity contribution in [3.63, 3.8) is 0 Å². The maximum Gasteiger partial charge on any atom is 0.191 e. The van der Waals surface area contributed by atoms with Gasteiger partial charge in [-0.15, -0.1) is 35.3 Å². The predicted molar refractivity (Wildman–Crippen MR) is 112 cm³/mol. The first-order chi connectivity index (χ1) is 11.2. The van der Waals surface area contributed by atoms with E-state index in [-0.39, 0.29) is 24.0 Å². The Morgan fingerprint density at radius 3 is 2.75 bits per heavy atom. The highest BCUT2D eigenvalue weighted by Crippen LogP contribution is 2.17. The van der Waals surface area contributed by atoms with Gasteiger partial charge in [0.2, 0.25) is 0 Å². The van der Waals surface area contributed by atoms with Crippen LogP contribution in [-0.2, 0) is 13.0 Å². The molecule has 1 heterocycles. The number of nitrogens with zero attached hydrogens (tertiary/aromatic N) is 2. The fourth-order valence-electron chi connectivity index (χ4n) is 2.17. The van der Waals surface area contributed by atoms with Crippen molar-refractivity contribution in [3.8, 4) is 5.75 Å². The standard InChI is InChI=1S/C17H24N4OS.HI/c1-4-18-17(19-10-9-15-12-23-13(2)21-15)20-11-14-7-5-6-8-16(14)22-3;/h5-8,12H,4,9-11H2,1-3H3,(H2,18,19,20);1H. The molecule has 0 bridgehead atoms. The summed E-state index contributed by atoms with van der Waals surface area (Å²) in [6.07, 6.45) is 0.892. The van der Waals surface area contributed by atoms with Crippen LogP contribution in [0.4, 0.5) is 0 Å². The van der Waals surface area contributed by atoms with Gasteiger partial charge in [0.1, 0.15) is 5.75 Å².